The summed E-state index contributed by atoms with van der Waals surface area (Å²) in [5, 5.41) is 0. The van der Waals surface area contributed by atoms with E-state index >= 15 is 0 Å². The summed E-state index contributed by atoms with van der Waals surface area (Å²) in [6.07, 6.45) is 0.0862. The average molecular weight is 661 g/mol. The van der Waals surface area contributed by atoms with Gasteiger partial charge in [-0.25, -0.2) is 0 Å². The molecule has 1 aromatic rings. The van der Waals surface area contributed by atoms with E-state index in [1.807, 2.05) is 0 Å². The van der Waals surface area contributed by atoms with Crippen LogP contribution in [0.5, 0.6) is 5.75 Å². The average Bonchev–Trinajstić information content (AvgIpc) is 2.76. The highest BCUT2D eigenvalue weighted by molar-refractivity contribution is 8.01. The molecule has 36 heavy (non-hydrogen) atoms. The highest BCUT2D eigenvalue weighted by Gasteiger charge is 2.25. The first kappa shape index (κ1) is 34.7. The molecule has 0 aromatic heterocycles. The zero-order valence-corrected chi connectivity index (χ0v) is 25.9. The van der Waals surface area contributed by atoms with Crippen LogP contribution in [0.15, 0.2) is 24.3 Å². The molecule has 204 valence electrons. The highest BCUT2D eigenvalue weighted by atomic mass is 32.4. The summed E-state index contributed by atoms with van der Waals surface area (Å²) in [6.45, 7) is 1.70. The fraction of sp³-hybridized carbons (Fsp3) is 0.625. The summed E-state index contributed by atoms with van der Waals surface area (Å²) in [5.41, 5.74) is 0.783. The molecule has 1 rings (SSSR count). The van der Waals surface area contributed by atoms with Gasteiger partial charge in [0.05, 0.1) is 6.61 Å². The molecule has 0 aliphatic carbocycles. The van der Waals surface area contributed by atoms with Crippen molar-refractivity contribution in [3.8, 4) is 5.75 Å². The first-order valence-electron chi connectivity index (χ1n) is 10.2. The molecular weight excluding hydrogens is 633 g/mol. The van der Waals surface area contributed by atoms with Crippen LogP contribution in [0.1, 0.15) is 18.4 Å². The standard InChI is InChI=1S/C16H26NO11P5S3/c18-32(19,20)13-17(14-33(21,22)23)8-7-15-3-5-16(6-4-15)28-31(36)27-12-2-11-26-30(35)25-10-1-9-24-29-34/h3-6H,1-2,7-14H2,(H2-2,18,19,20,21,22,23)/p+2. The summed E-state index contributed by atoms with van der Waals surface area (Å²) in [7, 11) is -11.4. The van der Waals surface area contributed by atoms with Gasteiger partial charge >= 0.3 is 29.5 Å². The van der Waals surface area contributed by atoms with Gasteiger partial charge in [0.1, 0.15) is 40.0 Å². The lowest BCUT2D eigenvalue weighted by atomic mass is 10.1. The second kappa shape index (κ2) is 18.9. The summed E-state index contributed by atoms with van der Waals surface area (Å²) in [5.74, 6) is 0.486. The smallest absolute Gasteiger partial charge is 0.324 e. The van der Waals surface area contributed by atoms with Gasteiger partial charge in [0, 0.05) is 13.0 Å². The zero-order chi connectivity index (χ0) is 27.0. The van der Waals surface area contributed by atoms with Gasteiger partial charge in [0.2, 0.25) is 23.6 Å². The third kappa shape index (κ3) is 19.7. The molecule has 0 saturated heterocycles. The molecule has 0 amide bonds. The van der Waals surface area contributed by atoms with Crippen LogP contribution in [-0.2, 0) is 69.1 Å². The Hall–Kier alpha value is 0.680. The van der Waals surface area contributed by atoms with Crippen LogP contribution in [0, 0.1) is 0 Å². The molecule has 0 spiro atoms. The van der Waals surface area contributed by atoms with Gasteiger partial charge in [-0.3, -0.25) is 18.6 Å². The molecule has 1 aromatic carbocycles. The molecule has 2 unspecified atom stereocenters. The maximum Gasteiger partial charge on any atom is 0.573 e. The molecule has 0 fully saturated rings. The predicted octanol–water partition coefficient (Wildman–Crippen LogP) is 3.90. The molecule has 0 radical (unpaired) electrons. The molecule has 2 atom stereocenters. The minimum Gasteiger partial charge on any atom is -0.324 e. The van der Waals surface area contributed by atoms with Gasteiger partial charge in [-0.2, -0.15) is 0 Å². The van der Waals surface area contributed by atoms with Crippen molar-refractivity contribution in [3.05, 3.63) is 29.8 Å². The first-order chi connectivity index (χ1) is 16.9. The fourth-order valence-corrected chi connectivity index (χ4v) is 6.79. The minimum atomic E-state index is -4.47. The summed E-state index contributed by atoms with van der Waals surface area (Å²) in [6, 6.07) is 6.79. The van der Waals surface area contributed by atoms with Crippen molar-refractivity contribution in [3.63, 3.8) is 0 Å². The van der Waals surface area contributed by atoms with Crippen LogP contribution in [0.4, 0.5) is 0 Å². The van der Waals surface area contributed by atoms with Gasteiger partial charge in [0.25, 0.3) is 0 Å². The van der Waals surface area contributed by atoms with E-state index in [1.54, 1.807) is 24.3 Å². The number of nitrogens with zero attached hydrogens (tertiary/aromatic N) is 1. The van der Waals surface area contributed by atoms with Crippen molar-refractivity contribution < 1.29 is 51.3 Å². The largest absolute Gasteiger partial charge is 0.573 e. The van der Waals surface area contributed by atoms with Crippen LogP contribution in [0.2, 0.25) is 0 Å². The molecule has 0 bridgehead atoms. The lowest BCUT2D eigenvalue weighted by Crippen LogP contribution is -2.28. The minimum absolute atomic E-state index is 0.0516. The van der Waals surface area contributed by atoms with Crippen LogP contribution in [0.3, 0.4) is 0 Å². The third-order valence-corrected chi connectivity index (χ3v) is 8.75. The van der Waals surface area contributed by atoms with Crippen molar-refractivity contribution in [2.45, 2.75) is 19.3 Å². The molecule has 4 N–H and O–H groups in total. The van der Waals surface area contributed by atoms with E-state index in [2.05, 4.69) is 11.8 Å². The Labute approximate surface area is 228 Å². The quantitative estimate of drug-likeness (QED) is 0.111. The van der Waals surface area contributed by atoms with E-state index in [0.29, 0.717) is 59.0 Å². The second-order valence-electron chi connectivity index (χ2n) is 7.05. The Balaban J connectivity index is 2.31. The van der Waals surface area contributed by atoms with Crippen molar-refractivity contribution in [1.82, 2.24) is 4.90 Å². The van der Waals surface area contributed by atoms with Crippen LogP contribution < -0.4 is 4.52 Å². The van der Waals surface area contributed by atoms with Crippen molar-refractivity contribution >= 4 is 72.5 Å². The SMILES string of the molecule is O=P(O)(O)CN(CCc1ccc(O[P+](=S)OCCCO[P+](=S)OCCCOP=S)cc1)CP(=O)(O)O. The Morgan fingerprint density at radius 2 is 1.33 bits per heavy atom. The predicted molar refractivity (Wildman–Crippen MR) is 147 cm³/mol. The third-order valence-electron chi connectivity index (χ3n) is 3.90. The van der Waals surface area contributed by atoms with Crippen molar-refractivity contribution in [2.75, 3.05) is 45.5 Å². The molecule has 0 aliphatic heterocycles. The first-order valence-corrected chi connectivity index (χ1v) is 20.0. The fourth-order valence-electron chi connectivity index (χ4n) is 2.50. The Morgan fingerprint density at radius 1 is 0.833 bits per heavy atom. The number of hydrogen-bond acceptors (Lipinski definition) is 11. The van der Waals surface area contributed by atoms with Crippen LogP contribution in [-0.4, -0.2) is 70.0 Å². The van der Waals surface area contributed by atoms with E-state index in [-0.39, 0.29) is 6.54 Å². The Morgan fingerprint density at radius 3 is 1.83 bits per heavy atom. The maximum absolute atomic E-state index is 11.2. The Kier molecular flexibility index (Phi) is 18.2. The summed E-state index contributed by atoms with van der Waals surface area (Å²) in [4.78, 5) is 37.6. The molecule has 0 saturated carbocycles. The normalized spacial score (nSPS) is 13.2. The summed E-state index contributed by atoms with van der Waals surface area (Å²) < 4.78 is 49.3. The maximum atomic E-state index is 11.2. The number of hydrogen-bond donors (Lipinski definition) is 4. The highest BCUT2D eigenvalue weighted by Crippen LogP contribution is 2.40. The topological polar surface area (TPSA) is 164 Å². The van der Waals surface area contributed by atoms with Gasteiger partial charge in [-0.1, -0.05) is 12.1 Å². The molecule has 20 heteroatoms. The van der Waals surface area contributed by atoms with Crippen molar-refractivity contribution in [2.24, 2.45) is 0 Å². The van der Waals surface area contributed by atoms with E-state index in [0.717, 1.165) is 10.5 Å². The van der Waals surface area contributed by atoms with Crippen molar-refractivity contribution in [1.29, 1.82) is 0 Å². The molecule has 0 heterocycles. The van der Waals surface area contributed by atoms with Crippen LogP contribution >= 0.6 is 37.1 Å². The molecule has 0 aliphatic rings. The number of benzene rings is 1. The number of rotatable bonds is 21. The van der Waals surface area contributed by atoms with E-state index in [1.165, 1.54) is 0 Å². The monoisotopic (exact) mass is 661 g/mol. The van der Waals surface area contributed by atoms with Gasteiger partial charge in [-0.15, -0.1) is 13.6 Å². The Bertz CT molecular complexity index is 907. The van der Waals surface area contributed by atoms with E-state index < -0.39 is 42.1 Å². The molecule has 12 nitrogen and oxygen atoms in total. The second-order valence-corrected chi connectivity index (χ2v) is 14.8. The van der Waals surface area contributed by atoms with Gasteiger partial charge in [-0.05, 0) is 42.3 Å². The van der Waals surface area contributed by atoms with Gasteiger partial charge in [0.15, 0.2) is 5.75 Å². The lowest BCUT2D eigenvalue weighted by molar-refractivity contribution is 0.224. The van der Waals surface area contributed by atoms with E-state index in [4.69, 9.17) is 65.8 Å². The summed E-state index contributed by atoms with van der Waals surface area (Å²) >= 11 is 14.9. The van der Waals surface area contributed by atoms with E-state index in [9.17, 15) is 9.13 Å². The molecular formula is C16H28NO11P5S3+2. The van der Waals surface area contributed by atoms with Gasteiger partial charge < -0.3 is 24.1 Å². The zero-order valence-electron chi connectivity index (χ0n) is 18.9. The van der Waals surface area contributed by atoms with Crippen LogP contribution in [0.25, 0.3) is 0 Å². The lowest BCUT2D eigenvalue weighted by Gasteiger charge is -2.22.